The van der Waals surface area contributed by atoms with E-state index in [1.807, 2.05) is 6.07 Å². The number of pyridine rings is 1. The third-order valence-electron chi connectivity index (χ3n) is 10.9. The molecule has 0 bridgehead atoms. The molecule has 6 heterocycles. The fourth-order valence-electron chi connectivity index (χ4n) is 8.86. The zero-order valence-corrected chi connectivity index (χ0v) is 25.4. The molecule has 8 nitrogen and oxygen atoms in total. The van der Waals surface area contributed by atoms with E-state index >= 15 is 4.39 Å². The summed E-state index contributed by atoms with van der Waals surface area (Å²) in [5.41, 5.74) is 4.04. The van der Waals surface area contributed by atoms with Gasteiger partial charge in [0.15, 0.2) is 5.82 Å². The molecule has 2 aromatic heterocycles. The number of hydrogen-bond donors (Lipinski definition) is 1. The molecule has 4 aliphatic heterocycles. The summed E-state index contributed by atoms with van der Waals surface area (Å²) in [6, 6.07) is 3.90. The van der Waals surface area contributed by atoms with Crippen molar-refractivity contribution >= 4 is 16.7 Å². The van der Waals surface area contributed by atoms with Crippen LogP contribution < -0.4 is 9.64 Å². The van der Waals surface area contributed by atoms with Gasteiger partial charge in [0.2, 0.25) is 0 Å². The lowest BCUT2D eigenvalue weighted by atomic mass is 9.70. The smallest absolute Gasteiger partial charge is 0.319 e. The second-order valence-corrected chi connectivity index (χ2v) is 14.1. The van der Waals surface area contributed by atoms with Gasteiger partial charge >= 0.3 is 6.01 Å². The number of aromatic nitrogens is 3. The molecule has 3 aromatic rings. The number of fused-ring (bicyclic) bond motifs is 4. The van der Waals surface area contributed by atoms with Crippen molar-refractivity contribution < 1.29 is 19.0 Å². The Balaban J connectivity index is 1.31. The Morgan fingerprint density at radius 3 is 2.70 bits per heavy atom. The maximum atomic E-state index is 17.1. The minimum atomic E-state index is -0.465. The van der Waals surface area contributed by atoms with Gasteiger partial charge in [-0.15, -0.1) is 0 Å². The van der Waals surface area contributed by atoms with Crippen molar-refractivity contribution in [1.29, 1.82) is 0 Å². The third-order valence-corrected chi connectivity index (χ3v) is 10.9. The Hall–Kier alpha value is -3.04. The van der Waals surface area contributed by atoms with Gasteiger partial charge in [0.25, 0.3) is 0 Å². The molecule has 1 aromatic carbocycles. The van der Waals surface area contributed by atoms with Crippen molar-refractivity contribution in [2.24, 2.45) is 0 Å². The molecular formula is C34H42FN5O3. The van der Waals surface area contributed by atoms with Gasteiger partial charge in [-0.3, -0.25) is 4.90 Å². The molecule has 3 fully saturated rings. The lowest BCUT2D eigenvalue weighted by Gasteiger charge is -2.35. The zero-order valence-electron chi connectivity index (χ0n) is 25.4. The van der Waals surface area contributed by atoms with Crippen molar-refractivity contribution in [3.05, 3.63) is 34.8 Å². The van der Waals surface area contributed by atoms with E-state index in [9.17, 15) is 5.11 Å². The molecule has 0 radical (unpaired) electrons. The van der Waals surface area contributed by atoms with Crippen LogP contribution in [0.4, 0.5) is 10.2 Å². The maximum absolute atomic E-state index is 17.1. The largest absolute Gasteiger partial charge is 0.508 e. The standard InChI is InChI=1S/C34H42FN5O3/c1-33(2)10-3-7-21-17-23(41)18-24(27(21)33)29-28(35)30-26-25(36-29)9-8-22-19-42-16-6-15-40(22)31(26)38-32(37-30)43-20-34-11-4-13-39(34)14-5-12-34/h17-18,22,41H,3-16,19-20H2,1-2H3. The average molecular weight is 588 g/mol. The van der Waals surface area contributed by atoms with Crippen molar-refractivity contribution in [1.82, 2.24) is 19.9 Å². The molecule has 1 N–H and O–H groups in total. The summed E-state index contributed by atoms with van der Waals surface area (Å²) in [6.07, 6.45) is 9.88. The number of halogens is 1. The maximum Gasteiger partial charge on any atom is 0.319 e. The highest BCUT2D eigenvalue weighted by atomic mass is 19.1. The first-order chi connectivity index (χ1) is 20.8. The van der Waals surface area contributed by atoms with Crippen LogP contribution in [-0.4, -0.2) is 76.0 Å². The molecule has 1 aliphatic carbocycles. The summed E-state index contributed by atoms with van der Waals surface area (Å²) in [6.45, 7) is 9.26. The second kappa shape index (κ2) is 10.3. The van der Waals surface area contributed by atoms with Crippen LogP contribution in [0.25, 0.3) is 22.2 Å². The van der Waals surface area contributed by atoms with E-state index < -0.39 is 5.82 Å². The summed E-state index contributed by atoms with van der Waals surface area (Å²) in [5.74, 6) is 0.396. The van der Waals surface area contributed by atoms with E-state index in [0.29, 0.717) is 43.0 Å². The predicted octanol–water partition coefficient (Wildman–Crippen LogP) is 5.70. The highest BCUT2D eigenvalue weighted by molar-refractivity contribution is 5.95. The van der Waals surface area contributed by atoms with Crippen LogP contribution in [0.2, 0.25) is 0 Å². The number of anilines is 1. The molecule has 43 heavy (non-hydrogen) atoms. The Bertz CT molecular complexity index is 1580. The van der Waals surface area contributed by atoms with Crippen LogP contribution in [0.3, 0.4) is 0 Å². The van der Waals surface area contributed by atoms with Gasteiger partial charge in [0.05, 0.1) is 29.3 Å². The summed E-state index contributed by atoms with van der Waals surface area (Å²) >= 11 is 0. The monoisotopic (exact) mass is 587 g/mol. The molecule has 0 saturated carbocycles. The quantitative estimate of drug-likeness (QED) is 0.416. The van der Waals surface area contributed by atoms with E-state index in [-0.39, 0.29) is 40.0 Å². The highest BCUT2D eigenvalue weighted by Crippen LogP contribution is 2.47. The van der Waals surface area contributed by atoms with Crippen LogP contribution >= 0.6 is 0 Å². The molecule has 0 amide bonds. The Morgan fingerprint density at radius 1 is 1.02 bits per heavy atom. The molecular weight excluding hydrogens is 545 g/mol. The number of benzene rings is 1. The molecule has 0 spiro atoms. The summed E-state index contributed by atoms with van der Waals surface area (Å²) in [4.78, 5) is 19.7. The van der Waals surface area contributed by atoms with Gasteiger partial charge in [0, 0.05) is 18.7 Å². The SMILES string of the molecule is CC1(C)CCCc2cc(O)cc(-c3nc4c5c(nc(OCC67CCCN6CCC7)nc5c3F)N3CCCOCC3CC4)c21. The van der Waals surface area contributed by atoms with E-state index in [1.54, 1.807) is 6.07 Å². The van der Waals surface area contributed by atoms with E-state index in [0.717, 1.165) is 81.4 Å². The molecule has 1 atom stereocenters. The van der Waals surface area contributed by atoms with Gasteiger partial charge in [0.1, 0.15) is 29.4 Å². The molecule has 9 heteroatoms. The zero-order chi connectivity index (χ0) is 29.3. The van der Waals surface area contributed by atoms with Crippen LogP contribution in [0.15, 0.2) is 12.1 Å². The lowest BCUT2D eigenvalue weighted by molar-refractivity contribution is 0.108. The number of hydrogen-bond acceptors (Lipinski definition) is 8. The van der Waals surface area contributed by atoms with Crippen LogP contribution in [0.1, 0.15) is 82.0 Å². The predicted molar refractivity (Wildman–Crippen MR) is 164 cm³/mol. The number of aryl methyl sites for hydroxylation is 2. The van der Waals surface area contributed by atoms with E-state index in [1.165, 1.54) is 12.8 Å². The second-order valence-electron chi connectivity index (χ2n) is 14.1. The normalized spacial score (nSPS) is 24.3. The first kappa shape index (κ1) is 27.5. The topological polar surface area (TPSA) is 83.8 Å². The average Bonchev–Trinajstić information content (AvgIpc) is 3.42. The molecule has 5 aliphatic rings. The molecule has 3 saturated heterocycles. The van der Waals surface area contributed by atoms with E-state index in [2.05, 4.69) is 23.6 Å². The minimum absolute atomic E-state index is 0.0325. The van der Waals surface area contributed by atoms with Crippen LogP contribution in [-0.2, 0) is 23.0 Å². The van der Waals surface area contributed by atoms with Crippen LogP contribution in [0.5, 0.6) is 11.8 Å². The van der Waals surface area contributed by atoms with Crippen molar-refractivity contribution in [2.45, 2.75) is 95.1 Å². The van der Waals surface area contributed by atoms with Crippen molar-refractivity contribution in [2.75, 3.05) is 44.4 Å². The van der Waals surface area contributed by atoms with Crippen molar-refractivity contribution in [3.8, 4) is 23.0 Å². The Kier molecular flexibility index (Phi) is 6.56. The Labute approximate surface area is 252 Å². The van der Waals surface area contributed by atoms with Gasteiger partial charge < -0.3 is 19.5 Å². The third kappa shape index (κ3) is 4.48. The fourth-order valence-corrected chi connectivity index (χ4v) is 8.86. The van der Waals surface area contributed by atoms with E-state index in [4.69, 9.17) is 24.4 Å². The number of nitrogens with zero attached hydrogens (tertiary/aromatic N) is 5. The number of aromatic hydroxyl groups is 1. The van der Waals surface area contributed by atoms with Gasteiger partial charge in [-0.2, -0.15) is 9.97 Å². The number of phenolic OH excluding ortho intramolecular Hbond substituents is 1. The summed E-state index contributed by atoms with van der Waals surface area (Å²) < 4.78 is 29.5. The van der Waals surface area contributed by atoms with Gasteiger partial charge in [-0.05, 0) is 106 Å². The first-order valence-electron chi connectivity index (χ1n) is 16.3. The number of ether oxygens (including phenoxy) is 2. The Morgan fingerprint density at radius 2 is 1.86 bits per heavy atom. The lowest BCUT2D eigenvalue weighted by Crippen LogP contribution is -2.43. The molecule has 1 unspecified atom stereocenters. The number of rotatable bonds is 4. The van der Waals surface area contributed by atoms with Gasteiger partial charge in [-0.25, -0.2) is 9.37 Å². The summed E-state index contributed by atoms with van der Waals surface area (Å²) in [7, 11) is 0. The summed E-state index contributed by atoms with van der Waals surface area (Å²) in [5, 5.41) is 11.5. The minimum Gasteiger partial charge on any atom is -0.508 e. The van der Waals surface area contributed by atoms with Crippen molar-refractivity contribution in [3.63, 3.8) is 0 Å². The van der Waals surface area contributed by atoms with Crippen LogP contribution in [0, 0.1) is 5.82 Å². The molecule has 8 rings (SSSR count). The highest BCUT2D eigenvalue weighted by Gasteiger charge is 2.45. The number of phenols is 1. The fraction of sp³-hybridized carbons (Fsp3) is 0.618. The molecule has 228 valence electrons. The first-order valence-corrected chi connectivity index (χ1v) is 16.3. The van der Waals surface area contributed by atoms with Gasteiger partial charge in [-0.1, -0.05) is 13.8 Å².